The largest absolute Gasteiger partial charge is 0.365 e. The molecule has 0 aliphatic rings. The lowest BCUT2D eigenvalue weighted by Crippen LogP contribution is -2.29. The second-order valence-electron chi connectivity index (χ2n) is 4.82. The van der Waals surface area contributed by atoms with Crippen LogP contribution >= 0.6 is 0 Å². The van der Waals surface area contributed by atoms with E-state index < -0.39 is 4.92 Å². The van der Waals surface area contributed by atoms with Crippen LogP contribution in [0.15, 0.2) is 18.2 Å². The molecule has 0 aromatic heterocycles. The molecule has 0 N–H and O–H groups in total. The van der Waals surface area contributed by atoms with Crippen molar-refractivity contribution in [1.82, 2.24) is 0 Å². The number of benzene rings is 1. The molecule has 20 heavy (non-hydrogen) atoms. The minimum absolute atomic E-state index is 0.0393. The molecule has 104 valence electrons. The number of nitro groups is 1. The van der Waals surface area contributed by atoms with Gasteiger partial charge in [0.2, 0.25) is 0 Å². The second kappa shape index (κ2) is 7.10. The third-order valence-electron chi connectivity index (χ3n) is 2.72. The molecule has 0 fully saturated rings. The van der Waals surface area contributed by atoms with Gasteiger partial charge < -0.3 is 4.90 Å². The van der Waals surface area contributed by atoms with Crippen molar-refractivity contribution < 1.29 is 4.92 Å². The first-order chi connectivity index (χ1) is 9.49. The molecule has 0 atom stereocenters. The fourth-order valence-electron chi connectivity index (χ4n) is 1.94. The Kier molecular flexibility index (Phi) is 5.49. The first-order valence-electron chi connectivity index (χ1n) is 6.30. The highest BCUT2D eigenvalue weighted by Gasteiger charge is 2.20. The van der Waals surface area contributed by atoms with Crippen molar-refractivity contribution in [2.24, 2.45) is 5.92 Å². The van der Waals surface area contributed by atoms with Gasteiger partial charge in [-0.3, -0.25) is 10.1 Å². The monoisotopic (exact) mass is 272 g/mol. The van der Waals surface area contributed by atoms with E-state index in [2.05, 4.69) is 0 Å². The molecule has 6 heteroatoms. The van der Waals surface area contributed by atoms with Gasteiger partial charge >= 0.3 is 0 Å². The maximum Gasteiger partial charge on any atom is 0.292 e. The standard InChI is InChI=1S/C14H16N4O2/c1-11(2)10-17(7-3-6-15)14-8-12(9-16)4-5-13(14)18(19)20/h4-5,8,11H,3,7,10H2,1-2H3. The topological polar surface area (TPSA) is 94.0 Å². The summed E-state index contributed by atoms with van der Waals surface area (Å²) in [6.45, 7) is 5.00. The first-order valence-corrected chi connectivity index (χ1v) is 6.30. The second-order valence-corrected chi connectivity index (χ2v) is 4.82. The number of rotatable bonds is 6. The predicted molar refractivity (Wildman–Crippen MR) is 75.1 cm³/mol. The minimum atomic E-state index is -0.462. The van der Waals surface area contributed by atoms with Crippen molar-refractivity contribution in [3.8, 4) is 12.1 Å². The van der Waals surface area contributed by atoms with Gasteiger partial charge in [0.05, 0.1) is 29.0 Å². The Bertz CT molecular complexity index is 570. The van der Waals surface area contributed by atoms with Gasteiger partial charge in [0.1, 0.15) is 5.69 Å². The lowest BCUT2D eigenvalue weighted by molar-refractivity contribution is -0.384. The van der Waals surface area contributed by atoms with E-state index in [1.165, 1.54) is 18.2 Å². The molecule has 1 aromatic rings. The molecular weight excluding hydrogens is 256 g/mol. The van der Waals surface area contributed by atoms with Gasteiger partial charge in [-0.1, -0.05) is 13.8 Å². The summed E-state index contributed by atoms with van der Waals surface area (Å²) < 4.78 is 0. The third kappa shape index (κ3) is 3.96. The maximum absolute atomic E-state index is 11.1. The van der Waals surface area contributed by atoms with Gasteiger partial charge in [-0.15, -0.1) is 0 Å². The van der Waals surface area contributed by atoms with Gasteiger partial charge in [0.15, 0.2) is 0 Å². The Morgan fingerprint density at radius 1 is 1.40 bits per heavy atom. The van der Waals surface area contributed by atoms with Gasteiger partial charge in [0.25, 0.3) is 5.69 Å². The zero-order chi connectivity index (χ0) is 15.1. The van der Waals surface area contributed by atoms with Crippen molar-refractivity contribution in [1.29, 1.82) is 10.5 Å². The van der Waals surface area contributed by atoms with E-state index in [0.29, 0.717) is 30.3 Å². The van der Waals surface area contributed by atoms with Crippen LogP contribution in [-0.4, -0.2) is 18.0 Å². The molecule has 0 heterocycles. The molecule has 0 aliphatic heterocycles. The summed E-state index contributed by atoms with van der Waals surface area (Å²) in [5.41, 5.74) is 0.733. The average Bonchev–Trinajstić information content (AvgIpc) is 2.42. The highest BCUT2D eigenvalue weighted by molar-refractivity contribution is 5.66. The van der Waals surface area contributed by atoms with Crippen LogP contribution in [0.25, 0.3) is 0 Å². The van der Waals surface area contributed by atoms with Crippen LogP contribution < -0.4 is 4.90 Å². The Morgan fingerprint density at radius 3 is 2.60 bits per heavy atom. The summed E-state index contributed by atoms with van der Waals surface area (Å²) in [7, 11) is 0. The Labute approximate surface area is 118 Å². The third-order valence-corrected chi connectivity index (χ3v) is 2.72. The van der Waals surface area contributed by atoms with Gasteiger partial charge in [-0.2, -0.15) is 10.5 Å². The van der Waals surface area contributed by atoms with E-state index >= 15 is 0 Å². The van der Waals surface area contributed by atoms with Crippen LogP contribution in [0.1, 0.15) is 25.8 Å². The zero-order valence-electron chi connectivity index (χ0n) is 11.5. The van der Waals surface area contributed by atoms with Gasteiger partial charge in [-0.25, -0.2) is 0 Å². The van der Waals surface area contributed by atoms with Crippen LogP contribution in [0.5, 0.6) is 0 Å². The highest BCUT2D eigenvalue weighted by atomic mass is 16.6. The summed E-state index contributed by atoms with van der Waals surface area (Å²) >= 11 is 0. The lowest BCUT2D eigenvalue weighted by atomic mass is 10.1. The fraction of sp³-hybridized carbons (Fsp3) is 0.429. The summed E-state index contributed by atoms with van der Waals surface area (Å²) in [4.78, 5) is 12.5. The summed E-state index contributed by atoms with van der Waals surface area (Å²) in [6, 6.07) is 8.31. The van der Waals surface area contributed by atoms with E-state index in [1.807, 2.05) is 26.0 Å². The number of hydrogen-bond donors (Lipinski definition) is 0. The molecule has 0 bridgehead atoms. The van der Waals surface area contributed by atoms with E-state index in [1.54, 1.807) is 4.90 Å². The van der Waals surface area contributed by atoms with Crippen LogP contribution in [0.2, 0.25) is 0 Å². The minimum Gasteiger partial charge on any atom is -0.365 e. The number of nitro benzene ring substituents is 1. The van der Waals surface area contributed by atoms with Crippen LogP contribution in [-0.2, 0) is 0 Å². The highest BCUT2D eigenvalue weighted by Crippen LogP contribution is 2.30. The SMILES string of the molecule is CC(C)CN(CCC#N)c1cc(C#N)ccc1[N+](=O)[O-]. The number of nitriles is 2. The predicted octanol–water partition coefficient (Wildman–Crippen LogP) is 2.84. The summed E-state index contributed by atoms with van der Waals surface area (Å²) in [5, 5.41) is 28.8. The van der Waals surface area contributed by atoms with Gasteiger partial charge in [0, 0.05) is 19.2 Å². The van der Waals surface area contributed by atoms with Crippen molar-refractivity contribution in [2.75, 3.05) is 18.0 Å². The van der Waals surface area contributed by atoms with Crippen molar-refractivity contribution in [2.45, 2.75) is 20.3 Å². The van der Waals surface area contributed by atoms with Crippen molar-refractivity contribution in [3.63, 3.8) is 0 Å². The molecule has 0 saturated heterocycles. The molecular formula is C14H16N4O2. The molecule has 0 spiro atoms. The first kappa shape index (κ1) is 15.5. The number of hydrogen-bond acceptors (Lipinski definition) is 5. The van der Waals surface area contributed by atoms with Crippen LogP contribution in [0.4, 0.5) is 11.4 Å². The molecule has 0 saturated carbocycles. The smallest absolute Gasteiger partial charge is 0.292 e. The maximum atomic E-state index is 11.1. The summed E-state index contributed by atoms with van der Waals surface area (Å²) in [6.07, 6.45) is 0.278. The van der Waals surface area contributed by atoms with E-state index in [-0.39, 0.29) is 12.1 Å². The van der Waals surface area contributed by atoms with E-state index in [4.69, 9.17) is 10.5 Å². The average molecular weight is 272 g/mol. The molecule has 1 rings (SSSR count). The van der Waals surface area contributed by atoms with E-state index in [0.717, 1.165) is 0 Å². The Hall–Kier alpha value is -2.60. The Morgan fingerprint density at radius 2 is 2.10 bits per heavy atom. The molecule has 0 amide bonds. The van der Waals surface area contributed by atoms with Crippen LogP contribution in [0.3, 0.4) is 0 Å². The van der Waals surface area contributed by atoms with Crippen molar-refractivity contribution >= 4 is 11.4 Å². The molecule has 0 unspecified atom stereocenters. The quantitative estimate of drug-likeness (QED) is 0.586. The Balaban J connectivity index is 3.25. The molecule has 0 aliphatic carbocycles. The molecule has 1 aromatic carbocycles. The van der Waals surface area contributed by atoms with Crippen LogP contribution in [0, 0.1) is 38.7 Å². The number of anilines is 1. The number of nitrogens with zero attached hydrogens (tertiary/aromatic N) is 4. The van der Waals surface area contributed by atoms with Crippen molar-refractivity contribution in [3.05, 3.63) is 33.9 Å². The van der Waals surface area contributed by atoms with Gasteiger partial charge in [-0.05, 0) is 18.1 Å². The normalized spacial score (nSPS) is 9.85. The molecule has 0 radical (unpaired) electrons. The zero-order valence-corrected chi connectivity index (χ0v) is 11.5. The lowest BCUT2D eigenvalue weighted by Gasteiger charge is -2.25. The van der Waals surface area contributed by atoms with E-state index in [9.17, 15) is 10.1 Å². The fourth-order valence-corrected chi connectivity index (χ4v) is 1.94. The molecule has 6 nitrogen and oxygen atoms in total. The summed E-state index contributed by atoms with van der Waals surface area (Å²) in [5.74, 6) is 0.291.